The summed E-state index contributed by atoms with van der Waals surface area (Å²) in [6.45, 7) is 2.08. The molecule has 1 unspecified atom stereocenters. The van der Waals surface area contributed by atoms with Gasteiger partial charge >= 0.3 is 0 Å². The first-order valence-corrected chi connectivity index (χ1v) is 7.32. The van der Waals surface area contributed by atoms with Crippen LogP contribution < -0.4 is 10.2 Å². The van der Waals surface area contributed by atoms with Gasteiger partial charge in [-0.3, -0.25) is 0 Å². The third kappa shape index (κ3) is 3.47. The molecule has 0 radical (unpaired) electrons. The second kappa shape index (κ2) is 5.89. The lowest BCUT2D eigenvalue weighted by Gasteiger charge is -2.22. The molecule has 2 heterocycles. The summed E-state index contributed by atoms with van der Waals surface area (Å²) in [4.78, 5) is 10.7. The molecule has 1 atom stereocenters. The molecule has 0 spiro atoms. The van der Waals surface area contributed by atoms with Gasteiger partial charge < -0.3 is 10.2 Å². The number of halogens is 1. The number of aromatic nitrogens is 2. The lowest BCUT2D eigenvalue weighted by atomic mass is 10.2. The Hall–Kier alpha value is -0.520. The number of thioether (sulfide) groups is 1. The van der Waals surface area contributed by atoms with Crippen LogP contribution >= 0.6 is 23.4 Å². The third-order valence-electron chi connectivity index (χ3n) is 2.89. The summed E-state index contributed by atoms with van der Waals surface area (Å²) in [5.74, 6) is 0.892. The van der Waals surface area contributed by atoms with E-state index in [0.717, 1.165) is 24.1 Å². The van der Waals surface area contributed by atoms with Gasteiger partial charge in [-0.15, -0.1) is 0 Å². The molecule has 0 aromatic carbocycles. The third-order valence-corrected chi connectivity index (χ3v) is 3.63. The molecule has 0 amide bonds. The Morgan fingerprint density at radius 3 is 3.06 bits per heavy atom. The van der Waals surface area contributed by atoms with Crippen LogP contribution in [-0.4, -0.2) is 42.4 Å². The average molecular weight is 273 g/mol. The van der Waals surface area contributed by atoms with E-state index < -0.39 is 0 Å². The first-order valence-electron chi connectivity index (χ1n) is 5.72. The van der Waals surface area contributed by atoms with Crippen molar-refractivity contribution in [3.05, 3.63) is 11.2 Å². The van der Waals surface area contributed by atoms with Gasteiger partial charge in [0.2, 0.25) is 0 Å². The zero-order chi connectivity index (χ0) is 12.3. The van der Waals surface area contributed by atoms with E-state index in [2.05, 4.69) is 20.2 Å². The minimum Gasteiger partial charge on any atom is -0.358 e. The predicted octanol–water partition coefficient (Wildman–Crippen LogP) is 2.04. The molecule has 1 N–H and O–H groups in total. The largest absolute Gasteiger partial charge is 0.358 e. The molecule has 0 aliphatic carbocycles. The highest BCUT2D eigenvalue weighted by Crippen LogP contribution is 2.20. The fraction of sp³-hybridized carbons (Fsp3) is 0.636. The van der Waals surface area contributed by atoms with Gasteiger partial charge in [-0.05, 0) is 25.6 Å². The van der Waals surface area contributed by atoms with Crippen LogP contribution in [0.5, 0.6) is 0 Å². The van der Waals surface area contributed by atoms with Crippen molar-refractivity contribution >= 4 is 29.2 Å². The molecule has 1 aromatic rings. The second-order valence-electron chi connectivity index (χ2n) is 4.21. The Morgan fingerprint density at radius 2 is 2.41 bits per heavy atom. The summed E-state index contributed by atoms with van der Waals surface area (Å²) < 4.78 is 0. The number of likely N-dealkylation sites (N-methyl/N-ethyl adjacent to an activating group) is 1. The minimum atomic E-state index is 0.505. The van der Waals surface area contributed by atoms with Crippen LogP contribution in [0.2, 0.25) is 5.15 Å². The molecule has 1 saturated heterocycles. The smallest absolute Gasteiger partial charge is 0.190 e. The topological polar surface area (TPSA) is 41.1 Å². The van der Waals surface area contributed by atoms with Crippen LogP contribution in [-0.2, 0) is 0 Å². The van der Waals surface area contributed by atoms with E-state index in [-0.39, 0.29) is 0 Å². The van der Waals surface area contributed by atoms with Crippen molar-refractivity contribution in [2.45, 2.75) is 24.0 Å². The first kappa shape index (κ1) is 12.9. The highest BCUT2D eigenvalue weighted by Gasteiger charge is 2.17. The molecular weight excluding hydrogens is 256 g/mol. The predicted molar refractivity (Wildman–Crippen MR) is 73.1 cm³/mol. The summed E-state index contributed by atoms with van der Waals surface area (Å²) in [5, 5.41) is 4.70. The molecule has 4 nitrogen and oxygen atoms in total. The average Bonchev–Trinajstić information content (AvgIpc) is 2.81. The molecule has 1 aliphatic rings. The van der Waals surface area contributed by atoms with Crippen LogP contribution in [0, 0.1) is 0 Å². The Labute approximate surface area is 111 Å². The van der Waals surface area contributed by atoms with Gasteiger partial charge in [0.25, 0.3) is 0 Å². The van der Waals surface area contributed by atoms with Crippen molar-refractivity contribution in [2.75, 3.05) is 31.3 Å². The molecule has 6 heteroatoms. The number of anilines is 1. The summed E-state index contributed by atoms with van der Waals surface area (Å²) in [5.41, 5.74) is 0. The number of hydrogen-bond acceptors (Lipinski definition) is 5. The fourth-order valence-corrected chi connectivity index (χ4v) is 2.61. The number of hydrogen-bond donors (Lipinski definition) is 1. The lowest BCUT2D eigenvalue weighted by molar-refractivity contribution is 0.596. The van der Waals surface area contributed by atoms with E-state index in [9.17, 15) is 0 Å². The maximum absolute atomic E-state index is 5.98. The highest BCUT2D eigenvalue weighted by atomic mass is 35.5. The van der Waals surface area contributed by atoms with E-state index in [0.29, 0.717) is 11.2 Å². The van der Waals surface area contributed by atoms with Gasteiger partial charge in [0.05, 0.1) is 0 Å². The van der Waals surface area contributed by atoms with Crippen molar-refractivity contribution in [1.29, 1.82) is 0 Å². The first-order chi connectivity index (χ1) is 8.19. The minimum absolute atomic E-state index is 0.505. The Balaban J connectivity index is 2.06. The number of nitrogens with zero attached hydrogens (tertiary/aromatic N) is 3. The monoisotopic (exact) mass is 272 g/mol. The van der Waals surface area contributed by atoms with Crippen molar-refractivity contribution in [3.8, 4) is 0 Å². The van der Waals surface area contributed by atoms with Gasteiger partial charge in [-0.2, -0.15) is 0 Å². The zero-order valence-electron chi connectivity index (χ0n) is 10.1. The van der Waals surface area contributed by atoms with Gasteiger partial charge in [0.15, 0.2) is 5.16 Å². The van der Waals surface area contributed by atoms with Crippen LogP contribution in [0.15, 0.2) is 11.2 Å². The normalized spacial score (nSPS) is 19.6. The standard InChI is InChI=1S/C11H17ClN4S/c1-16(7-8-4-3-5-13-8)10-6-9(12)14-11(15-10)17-2/h6,8,13H,3-5,7H2,1-2H3. The van der Waals surface area contributed by atoms with E-state index in [1.165, 1.54) is 24.6 Å². The fourth-order valence-electron chi connectivity index (χ4n) is 2.01. The van der Waals surface area contributed by atoms with E-state index >= 15 is 0 Å². The lowest BCUT2D eigenvalue weighted by Crippen LogP contribution is -2.35. The van der Waals surface area contributed by atoms with E-state index in [1.54, 1.807) is 0 Å². The van der Waals surface area contributed by atoms with Crippen molar-refractivity contribution in [1.82, 2.24) is 15.3 Å². The second-order valence-corrected chi connectivity index (χ2v) is 5.37. The SMILES string of the molecule is CSc1nc(Cl)cc(N(C)CC2CCCN2)n1. The molecule has 94 valence electrons. The summed E-state index contributed by atoms with van der Waals surface area (Å²) in [6.07, 6.45) is 4.45. The van der Waals surface area contributed by atoms with Gasteiger partial charge in [-0.25, -0.2) is 9.97 Å². The van der Waals surface area contributed by atoms with Gasteiger partial charge in [0, 0.05) is 25.7 Å². The molecule has 17 heavy (non-hydrogen) atoms. The van der Waals surface area contributed by atoms with Crippen molar-refractivity contribution in [2.24, 2.45) is 0 Å². The van der Waals surface area contributed by atoms with Gasteiger partial charge in [-0.1, -0.05) is 23.4 Å². The Kier molecular flexibility index (Phi) is 4.48. The van der Waals surface area contributed by atoms with E-state index in [1.807, 2.05) is 19.4 Å². The molecule has 1 fully saturated rings. The highest BCUT2D eigenvalue weighted by molar-refractivity contribution is 7.98. The van der Waals surface area contributed by atoms with Crippen LogP contribution in [0.25, 0.3) is 0 Å². The zero-order valence-corrected chi connectivity index (χ0v) is 11.7. The molecular formula is C11H17ClN4S. The van der Waals surface area contributed by atoms with Crippen LogP contribution in [0.1, 0.15) is 12.8 Å². The maximum atomic E-state index is 5.98. The summed E-state index contributed by atoms with van der Waals surface area (Å²) in [6, 6.07) is 2.38. The quantitative estimate of drug-likeness (QED) is 0.516. The molecule has 1 aliphatic heterocycles. The maximum Gasteiger partial charge on any atom is 0.190 e. The molecule has 1 aromatic heterocycles. The molecule has 0 saturated carbocycles. The van der Waals surface area contributed by atoms with Crippen LogP contribution in [0.4, 0.5) is 5.82 Å². The molecule has 0 bridgehead atoms. The van der Waals surface area contributed by atoms with E-state index in [4.69, 9.17) is 11.6 Å². The summed E-state index contributed by atoms with van der Waals surface area (Å²) >= 11 is 7.49. The Morgan fingerprint density at radius 1 is 1.59 bits per heavy atom. The molecule has 2 rings (SSSR count). The number of nitrogens with one attached hydrogen (secondary N) is 1. The van der Waals surface area contributed by atoms with Crippen LogP contribution in [0.3, 0.4) is 0 Å². The number of rotatable bonds is 4. The Bertz CT molecular complexity index is 382. The van der Waals surface area contributed by atoms with Crippen molar-refractivity contribution in [3.63, 3.8) is 0 Å². The summed E-state index contributed by atoms with van der Waals surface area (Å²) in [7, 11) is 2.04. The van der Waals surface area contributed by atoms with Gasteiger partial charge in [0.1, 0.15) is 11.0 Å². The van der Waals surface area contributed by atoms with Crippen molar-refractivity contribution < 1.29 is 0 Å².